The predicted molar refractivity (Wildman–Crippen MR) is 139 cm³/mol. The van der Waals surface area contributed by atoms with E-state index in [1.165, 1.54) is 5.56 Å². The number of anilines is 2. The molecule has 8 heteroatoms. The fraction of sp³-hybridized carbons (Fsp3) is 0.222. The second kappa shape index (κ2) is 8.43. The van der Waals surface area contributed by atoms with Crippen LogP contribution < -0.4 is 21.2 Å². The lowest BCUT2D eigenvalue weighted by atomic mass is 10.0. The number of aromatic nitrogens is 2. The van der Waals surface area contributed by atoms with Gasteiger partial charge in [0, 0.05) is 37.4 Å². The lowest BCUT2D eigenvalue weighted by Gasteiger charge is -2.23. The topological polar surface area (TPSA) is 84.5 Å². The standard InChI is InChI=1S/C27H24ClN5O2/c28-22-9-12-33(32-11-8-17-3-1-2-4-23(17)32)27(35)25(22)19-6-5-18-14-24(30-15-21(18)13-19)31-10-7-20(16-31)26(29)34/h1-6,9,12-15,20H,7-8,10-11,16H2,(H2,29,34). The number of fused-ring (bicyclic) bond motifs is 2. The second-order valence-electron chi connectivity index (χ2n) is 9.13. The quantitative estimate of drug-likeness (QED) is 0.474. The van der Waals surface area contributed by atoms with Gasteiger partial charge in [-0.15, -0.1) is 0 Å². The maximum atomic E-state index is 13.6. The summed E-state index contributed by atoms with van der Waals surface area (Å²) >= 11 is 6.55. The summed E-state index contributed by atoms with van der Waals surface area (Å²) in [7, 11) is 0. The van der Waals surface area contributed by atoms with Crippen LogP contribution in [0.4, 0.5) is 11.5 Å². The van der Waals surface area contributed by atoms with Gasteiger partial charge in [-0.25, -0.2) is 9.66 Å². The molecule has 2 aromatic heterocycles. The third kappa shape index (κ3) is 3.72. The van der Waals surface area contributed by atoms with Crippen molar-refractivity contribution in [2.45, 2.75) is 12.8 Å². The Morgan fingerprint density at radius 1 is 1.06 bits per heavy atom. The van der Waals surface area contributed by atoms with Crippen LogP contribution in [0.5, 0.6) is 0 Å². The first kappa shape index (κ1) is 21.7. The van der Waals surface area contributed by atoms with Crippen molar-refractivity contribution in [2.75, 3.05) is 29.5 Å². The fourth-order valence-electron chi connectivity index (χ4n) is 5.16. The molecule has 4 aromatic rings. The molecule has 1 atom stereocenters. The highest BCUT2D eigenvalue weighted by molar-refractivity contribution is 6.33. The number of pyridine rings is 2. The van der Waals surface area contributed by atoms with Crippen molar-refractivity contribution in [1.82, 2.24) is 9.66 Å². The summed E-state index contributed by atoms with van der Waals surface area (Å²) in [6.07, 6.45) is 5.18. The number of nitrogens with zero attached hydrogens (tertiary/aromatic N) is 4. The van der Waals surface area contributed by atoms with Crippen LogP contribution in [0.25, 0.3) is 21.9 Å². The zero-order chi connectivity index (χ0) is 24.1. The van der Waals surface area contributed by atoms with E-state index >= 15 is 0 Å². The van der Waals surface area contributed by atoms with E-state index in [1.54, 1.807) is 23.1 Å². The molecule has 1 saturated heterocycles. The summed E-state index contributed by atoms with van der Waals surface area (Å²) in [5.41, 5.74) is 8.79. The zero-order valence-corrected chi connectivity index (χ0v) is 19.8. The van der Waals surface area contributed by atoms with Crippen molar-refractivity contribution >= 4 is 39.8 Å². The molecule has 35 heavy (non-hydrogen) atoms. The molecular formula is C27H24ClN5O2. The van der Waals surface area contributed by atoms with Crippen LogP contribution in [0.2, 0.25) is 5.02 Å². The molecule has 0 bridgehead atoms. The minimum absolute atomic E-state index is 0.139. The van der Waals surface area contributed by atoms with E-state index in [4.69, 9.17) is 17.3 Å². The lowest BCUT2D eigenvalue weighted by molar-refractivity contribution is -0.121. The van der Waals surface area contributed by atoms with Gasteiger partial charge < -0.3 is 10.6 Å². The Morgan fingerprint density at radius 2 is 1.91 bits per heavy atom. The molecule has 4 heterocycles. The van der Waals surface area contributed by atoms with Crippen molar-refractivity contribution in [3.05, 3.63) is 87.9 Å². The highest BCUT2D eigenvalue weighted by Gasteiger charge is 2.27. The Morgan fingerprint density at radius 3 is 2.74 bits per heavy atom. The number of carbonyl (C=O) groups excluding carboxylic acids is 1. The van der Waals surface area contributed by atoms with Crippen molar-refractivity contribution in [3.8, 4) is 11.1 Å². The van der Waals surface area contributed by atoms with Crippen LogP contribution in [0.1, 0.15) is 12.0 Å². The highest BCUT2D eigenvalue weighted by atomic mass is 35.5. The summed E-state index contributed by atoms with van der Waals surface area (Å²) in [4.78, 5) is 31.8. The fourth-order valence-corrected chi connectivity index (χ4v) is 5.41. The molecule has 2 aromatic carbocycles. The minimum Gasteiger partial charge on any atom is -0.369 e. The largest absolute Gasteiger partial charge is 0.369 e. The third-order valence-electron chi connectivity index (χ3n) is 7.06. The Kier molecular flexibility index (Phi) is 5.22. The van der Waals surface area contributed by atoms with Crippen LogP contribution in [0.15, 0.2) is 71.8 Å². The van der Waals surface area contributed by atoms with Crippen molar-refractivity contribution in [3.63, 3.8) is 0 Å². The van der Waals surface area contributed by atoms with Crippen molar-refractivity contribution in [2.24, 2.45) is 11.7 Å². The number of amides is 1. The maximum Gasteiger partial charge on any atom is 0.278 e. The average Bonchev–Trinajstić information content (AvgIpc) is 3.52. The van der Waals surface area contributed by atoms with E-state index in [0.29, 0.717) is 17.1 Å². The lowest BCUT2D eigenvalue weighted by Crippen LogP contribution is -2.37. The monoisotopic (exact) mass is 485 g/mol. The van der Waals surface area contributed by atoms with Crippen LogP contribution in [0, 0.1) is 5.92 Å². The smallest absolute Gasteiger partial charge is 0.278 e. The van der Waals surface area contributed by atoms with Crippen molar-refractivity contribution < 1.29 is 4.79 Å². The van der Waals surface area contributed by atoms with Gasteiger partial charge in [0.15, 0.2) is 0 Å². The molecule has 0 radical (unpaired) electrons. The molecular weight excluding hydrogens is 462 g/mol. The molecule has 0 aliphatic carbocycles. The zero-order valence-electron chi connectivity index (χ0n) is 19.0. The first-order valence-electron chi connectivity index (χ1n) is 11.7. The van der Waals surface area contributed by atoms with Crippen LogP contribution in [-0.2, 0) is 11.2 Å². The highest BCUT2D eigenvalue weighted by Crippen LogP contribution is 2.32. The number of hydrogen-bond donors (Lipinski definition) is 1. The van der Waals surface area contributed by atoms with Gasteiger partial charge in [0.2, 0.25) is 5.91 Å². The van der Waals surface area contributed by atoms with Gasteiger partial charge in [-0.2, -0.15) is 0 Å². The van der Waals surface area contributed by atoms with Gasteiger partial charge >= 0.3 is 0 Å². The number of hydrogen-bond acceptors (Lipinski definition) is 5. The van der Waals surface area contributed by atoms with Gasteiger partial charge in [0.05, 0.1) is 22.2 Å². The van der Waals surface area contributed by atoms with Crippen LogP contribution >= 0.6 is 11.6 Å². The molecule has 6 rings (SSSR count). The number of carbonyl (C=O) groups is 1. The Bertz CT molecular complexity index is 1530. The first-order valence-corrected chi connectivity index (χ1v) is 12.1. The van der Waals surface area contributed by atoms with Gasteiger partial charge in [-0.1, -0.05) is 41.9 Å². The molecule has 2 aliphatic heterocycles. The SMILES string of the molecule is NC(=O)C1CCN(c2cc3ccc(-c4c(Cl)ccn(N5CCc6ccccc65)c4=O)cc3cn2)C1. The van der Waals surface area contributed by atoms with E-state index in [2.05, 4.69) is 16.0 Å². The third-order valence-corrected chi connectivity index (χ3v) is 7.37. The van der Waals surface area contributed by atoms with Crippen LogP contribution in [0.3, 0.4) is 0 Å². The van der Waals surface area contributed by atoms with Crippen LogP contribution in [-0.4, -0.2) is 35.2 Å². The molecule has 0 spiro atoms. The molecule has 1 unspecified atom stereocenters. The van der Waals surface area contributed by atoms with E-state index < -0.39 is 0 Å². The molecule has 0 saturated carbocycles. The minimum atomic E-state index is -0.263. The van der Waals surface area contributed by atoms with Gasteiger partial charge in [0.25, 0.3) is 5.56 Å². The summed E-state index contributed by atoms with van der Waals surface area (Å²) in [6.45, 7) is 2.07. The molecule has 2 aliphatic rings. The van der Waals surface area contributed by atoms with Gasteiger partial charge in [-0.05, 0) is 53.6 Å². The normalized spacial score (nSPS) is 17.2. The molecule has 1 fully saturated rings. The number of benzene rings is 2. The molecule has 176 valence electrons. The number of rotatable bonds is 4. The van der Waals surface area contributed by atoms with E-state index in [-0.39, 0.29) is 17.4 Å². The first-order chi connectivity index (χ1) is 17.0. The van der Waals surface area contributed by atoms with E-state index in [1.807, 2.05) is 47.5 Å². The van der Waals surface area contributed by atoms with E-state index in [9.17, 15) is 9.59 Å². The summed E-state index contributed by atoms with van der Waals surface area (Å²) in [5, 5.41) is 4.33. The Hall–Kier alpha value is -3.84. The number of para-hydroxylation sites is 1. The maximum absolute atomic E-state index is 13.6. The molecule has 7 nitrogen and oxygen atoms in total. The average molecular weight is 486 g/mol. The number of primary amides is 1. The molecule has 1 amide bonds. The number of nitrogens with two attached hydrogens (primary N) is 1. The molecule has 2 N–H and O–H groups in total. The van der Waals surface area contributed by atoms with Crippen molar-refractivity contribution in [1.29, 1.82) is 0 Å². The summed E-state index contributed by atoms with van der Waals surface area (Å²) in [6, 6.07) is 17.8. The Balaban J connectivity index is 1.36. The second-order valence-corrected chi connectivity index (χ2v) is 9.54. The Labute approximate surface area is 207 Å². The summed E-state index contributed by atoms with van der Waals surface area (Å²) in [5.74, 6) is 0.419. The number of halogens is 1. The van der Waals surface area contributed by atoms with Gasteiger partial charge in [-0.3, -0.25) is 14.6 Å². The predicted octanol–water partition coefficient (Wildman–Crippen LogP) is 3.85. The van der Waals surface area contributed by atoms with E-state index in [0.717, 1.165) is 53.8 Å². The summed E-state index contributed by atoms with van der Waals surface area (Å²) < 4.78 is 1.65. The van der Waals surface area contributed by atoms with Gasteiger partial charge in [0.1, 0.15) is 5.82 Å².